The topological polar surface area (TPSA) is 33.1 Å². The van der Waals surface area contributed by atoms with Gasteiger partial charge in [-0.2, -0.15) is 0 Å². The molecule has 0 saturated carbocycles. The van der Waals surface area contributed by atoms with Gasteiger partial charge in [-0.25, -0.2) is 8.78 Å². The zero-order valence-corrected chi connectivity index (χ0v) is 9.33. The van der Waals surface area contributed by atoms with Crippen molar-refractivity contribution in [3.05, 3.63) is 64.4 Å². The van der Waals surface area contributed by atoms with Crippen LogP contribution >= 0.6 is 11.6 Å². The molecule has 1 aromatic carbocycles. The third kappa shape index (κ3) is 2.78. The van der Waals surface area contributed by atoms with Crippen LogP contribution in [0.2, 0.25) is 5.02 Å². The molecule has 0 fully saturated rings. The van der Waals surface area contributed by atoms with Gasteiger partial charge in [-0.3, -0.25) is 4.98 Å². The van der Waals surface area contributed by atoms with Crippen molar-refractivity contribution in [3.63, 3.8) is 0 Å². The van der Waals surface area contributed by atoms with Crippen molar-refractivity contribution in [1.82, 2.24) is 4.98 Å². The number of halogens is 3. The largest absolute Gasteiger partial charge is 0.384 e. The predicted molar refractivity (Wildman–Crippen MR) is 59.7 cm³/mol. The molecule has 0 radical (unpaired) electrons. The molecule has 1 unspecified atom stereocenters. The number of benzene rings is 1. The van der Waals surface area contributed by atoms with Crippen molar-refractivity contribution in [2.24, 2.45) is 0 Å². The zero-order chi connectivity index (χ0) is 12.4. The van der Waals surface area contributed by atoms with E-state index in [0.29, 0.717) is 0 Å². The monoisotopic (exact) mass is 255 g/mol. The predicted octanol–water partition coefficient (Wildman–Crippen LogP) is 3.09. The van der Waals surface area contributed by atoms with Gasteiger partial charge < -0.3 is 5.11 Å². The van der Waals surface area contributed by atoms with Gasteiger partial charge in [0.2, 0.25) is 0 Å². The van der Waals surface area contributed by atoms with E-state index in [2.05, 4.69) is 4.98 Å². The van der Waals surface area contributed by atoms with Gasteiger partial charge >= 0.3 is 0 Å². The minimum Gasteiger partial charge on any atom is -0.384 e. The molecule has 0 bridgehead atoms. The first-order valence-corrected chi connectivity index (χ1v) is 5.18. The molecule has 2 rings (SSSR count). The number of nitrogens with zero attached hydrogens (tertiary/aromatic N) is 1. The SMILES string of the molecule is OC(c1cncc(F)c1)c1cc(F)cc(Cl)c1. The van der Waals surface area contributed by atoms with Crippen LogP contribution in [0, 0.1) is 11.6 Å². The molecule has 1 aromatic heterocycles. The summed E-state index contributed by atoms with van der Waals surface area (Å²) in [5.41, 5.74) is 0.495. The van der Waals surface area contributed by atoms with Crippen LogP contribution < -0.4 is 0 Å². The van der Waals surface area contributed by atoms with Crippen LogP contribution in [0.5, 0.6) is 0 Å². The summed E-state index contributed by atoms with van der Waals surface area (Å²) in [5.74, 6) is -1.13. The molecule has 2 aromatic rings. The van der Waals surface area contributed by atoms with Gasteiger partial charge in [0.15, 0.2) is 0 Å². The van der Waals surface area contributed by atoms with Crippen molar-refractivity contribution < 1.29 is 13.9 Å². The molecule has 2 nitrogen and oxygen atoms in total. The van der Waals surface area contributed by atoms with Crippen LogP contribution in [0.4, 0.5) is 8.78 Å². The van der Waals surface area contributed by atoms with Gasteiger partial charge in [-0.05, 0) is 29.8 Å². The number of pyridine rings is 1. The normalized spacial score (nSPS) is 12.5. The van der Waals surface area contributed by atoms with Crippen LogP contribution in [-0.4, -0.2) is 10.1 Å². The molecule has 5 heteroatoms. The average molecular weight is 256 g/mol. The molecule has 1 N–H and O–H groups in total. The number of rotatable bonds is 2. The lowest BCUT2D eigenvalue weighted by Crippen LogP contribution is -2.01. The van der Waals surface area contributed by atoms with Crippen molar-refractivity contribution >= 4 is 11.6 Å². The van der Waals surface area contributed by atoms with Crippen LogP contribution in [0.15, 0.2) is 36.7 Å². The highest BCUT2D eigenvalue weighted by Crippen LogP contribution is 2.25. The lowest BCUT2D eigenvalue weighted by molar-refractivity contribution is 0.219. The Morgan fingerprint density at radius 2 is 1.71 bits per heavy atom. The summed E-state index contributed by atoms with van der Waals surface area (Å²) in [4.78, 5) is 3.61. The molecule has 0 aliphatic rings. The van der Waals surface area contributed by atoms with E-state index in [9.17, 15) is 13.9 Å². The summed E-state index contributed by atoms with van der Waals surface area (Å²) in [6.07, 6.45) is 1.17. The fraction of sp³-hybridized carbons (Fsp3) is 0.0833. The smallest absolute Gasteiger partial charge is 0.141 e. The van der Waals surface area contributed by atoms with E-state index in [4.69, 9.17) is 11.6 Å². The molecule has 0 saturated heterocycles. The minimum atomic E-state index is -1.16. The Morgan fingerprint density at radius 1 is 1.00 bits per heavy atom. The first-order chi connectivity index (χ1) is 8.06. The van der Waals surface area contributed by atoms with Gasteiger partial charge in [0.05, 0.1) is 6.20 Å². The molecule has 17 heavy (non-hydrogen) atoms. The fourth-order valence-corrected chi connectivity index (χ4v) is 1.73. The standard InChI is InChI=1S/C12H8ClF2NO/c13-9-1-7(2-10(14)4-9)12(17)8-3-11(15)6-16-5-8/h1-6,12,17H. The molecule has 0 aliphatic carbocycles. The number of aliphatic hydroxyl groups excluding tert-OH is 1. The van der Waals surface area contributed by atoms with E-state index < -0.39 is 17.7 Å². The molecule has 1 heterocycles. The summed E-state index contributed by atoms with van der Waals surface area (Å²) < 4.78 is 26.0. The molecule has 0 aliphatic heterocycles. The number of hydrogen-bond donors (Lipinski definition) is 1. The highest BCUT2D eigenvalue weighted by atomic mass is 35.5. The first kappa shape index (κ1) is 12.0. The van der Waals surface area contributed by atoms with Gasteiger partial charge in [0.25, 0.3) is 0 Å². The second-order valence-corrected chi connectivity index (χ2v) is 3.98. The Bertz CT molecular complexity index is 528. The highest BCUT2D eigenvalue weighted by molar-refractivity contribution is 6.30. The third-order valence-electron chi connectivity index (χ3n) is 2.24. The van der Waals surface area contributed by atoms with E-state index in [-0.39, 0.29) is 16.1 Å². The van der Waals surface area contributed by atoms with E-state index in [1.165, 1.54) is 12.3 Å². The third-order valence-corrected chi connectivity index (χ3v) is 2.46. The van der Waals surface area contributed by atoms with E-state index in [0.717, 1.165) is 24.4 Å². The van der Waals surface area contributed by atoms with Gasteiger partial charge in [-0.1, -0.05) is 11.6 Å². The van der Waals surface area contributed by atoms with Crippen molar-refractivity contribution in [3.8, 4) is 0 Å². The Labute approximate surface area is 102 Å². The summed E-state index contributed by atoms with van der Waals surface area (Å²) in [6, 6.07) is 4.82. The molecule has 88 valence electrons. The van der Waals surface area contributed by atoms with Crippen LogP contribution in [0.3, 0.4) is 0 Å². The lowest BCUT2D eigenvalue weighted by atomic mass is 10.0. The number of aromatic nitrogens is 1. The zero-order valence-electron chi connectivity index (χ0n) is 8.57. The second kappa shape index (κ2) is 4.77. The quantitative estimate of drug-likeness (QED) is 0.895. The number of hydrogen-bond acceptors (Lipinski definition) is 2. The molecule has 1 atom stereocenters. The van der Waals surface area contributed by atoms with Crippen molar-refractivity contribution in [1.29, 1.82) is 0 Å². The molecular formula is C12H8ClF2NO. The second-order valence-electron chi connectivity index (χ2n) is 3.54. The lowest BCUT2D eigenvalue weighted by Gasteiger charge is -2.11. The first-order valence-electron chi connectivity index (χ1n) is 4.81. The van der Waals surface area contributed by atoms with Gasteiger partial charge in [-0.15, -0.1) is 0 Å². The maximum Gasteiger partial charge on any atom is 0.141 e. The van der Waals surface area contributed by atoms with Crippen molar-refractivity contribution in [2.75, 3.05) is 0 Å². The van der Waals surface area contributed by atoms with Crippen LogP contribution in [-0.2, 0) is 0 Å². The highest BCUT2D eigenvalue weighted by Gasteiger charge is 2.13. The molecule has 0 spiro atoms. The Hall–Kier alpha value is -1.52. The fourth-order valence-electron chi connectivity index (χ4n) is 1.50. The average Bonchev–Trinajstić information content (AvgIpc) is 2.26. The van der Waals surface area contributed by atoms with Gasteiger partial charge in [0.1, 0.15) is 17.7 Å². The summed E-state index contributed by atoms with van der Waals surface area (Å²) >= 11 is 5.67. The summed E-state index contributed by atoms with van der Waals surface area (Å²) in [7, 11) is 0. The summed E-state index contributed by atoms with van der Waals surface area (Å²) in [5, 5.41) is 10.1. The van der Waals surface area contributed by atoms with Crippen LogP contribution in [0.1, 0.15) is 17.2 Å². The van der Waals surface area contributed by atoms with Crippen LogP contribution in [0.25, 0.3) is 0 Å². The Morgan fingerprint density at radius 3 is 2.35 bits per heavy atom. The van der Waals surface area contributed by atoms with E-state index >= 15 is 0 Å². The minimum absolute atomic E-state index is 0.170. The maximum atomic E-state index is 13.1. The number of aliphatic hydroxyl groups is 1. The molecule has 0 amide bonds. The maximum absolute atomic E-state index is 13.1. The van der Waals surface area contributed by atoms with Crippen molar-refractivity contribution in [2.45, 2.75) is 6.10 Å². The van der Waals surface area contributed by atoms with E-state index in [1.54, 1.807) is 0 Å². The summed E-state index contributed by atoms with van der Waals surface area (Å²) in [6.45, 7) is 0. The van der Waals surface area contributed by atoms with E-state index in [1.807, 2.05) is 0 Å². The Kier molecular flexibility index (Phi) is 3.36. The Balaban J connectivity index is 2.39. The van der Waals surface area contributed by atoms with Gasteiger partial charge in [0, 0.05) is 16.8 Å². The molecular weight excluding hydrogens is 248 g/mol.